The fourth-order valence-corrected chi connectivity index (χ4v) is 6.78. The van der Waals surface area contributed by atoms with E-state index in [1.165, 1.54) is 17.3 Å². The summed E-state index contributed by atoms with van der Waals surface area (Å²) in [6, 6.07) is 11.8. The first-order chi connectivity index (χ1) is 20.3. The molecule has 1 aliphatic heterocycles. The van der Waals surface area contributed by atoms with E-state index in [1.54, 1.807) is 38.1 Å². The van der Waals surface area contributed by atoms with Gasteiger partial charge in [-0.15, -0.1) is 0 Å². The quantitative estimate of drug-likeness (QED) is 0.220. The van der Waals surface area contributed by atoms with Gasteiger partial charge in [-0.3, -0.25) is 4.90 Å². The number of hydrogen-bond donors (Lipinski definition) is 2. The number of para-hydroxylation sites is 1. The summed E-state index contributed by atoms with van der Waals surface area (Å²) in [7, 11) is -1.31. The third-order valence-corrected chi connectivity index (χ3v) is 10.4. The molecular formula is C33H44ClN5O3S. The van der Waals surface area contributed by atoms with Crippen molar-refractivity contribution in [1.29, 1.82) is 0 Å². The van der Waals surface area contributed by atoms with Crippen LogP contribution >= 0.6 is 11.6 Å². The second-order valence-corrected chi connectivity index (χ2v) is 14.5. The molecule has 0 fully saturated rings. The molecule has 0 aliphatic carbocycles. The lowest BCUT2D eigenvalue weighted by atomic mass is 9.87. The molecule has 0 amide bonds. The molecule has 43 heavy (non-hydrogen) atoms. The smallest absolute Gasteiger partial charge is 0.229 e. The molecule has 0 saturated carbocycles. The predicted molar refractivity (Wildman–Crippen MR) is 178 cm³/mol. The Morgan fingerprint density at radius 3 is 2.44 bits per heavy atom. The third kappa shape index (κ3) is 7.33. The van der Waals surface area contributed by atoms with Gasteiger partial charge in [0.15, 0.2) is 15.7 Å². The van der Waals surface area contributed by atoms with Gasteiger partial charge in [-0.25, -0.2) is 13.4 Å². The van der Waals surface area contributed by atoms with Crippen LogP contribution in [-0.4, -0.2) is 53.8 Å². The Morgan fingerprint density at radius 2 is 1.79 bits per heavy atom. The Morgan fingerprint density at radius 1 is 1.07 bits per heavy atom. The first-order valence-electron chi connectivity index (χ1n) is 15.0. The molecule has 0 unspecified atom stereocenters. The predicted octanol–water partition coefficient (Wildman–Crippen LogP) is 8.17. The zero-order valence-electron chi connectivity index (χ0n) is 26.4. The van der Waals surface area contributed by atoms with E-state index in [2.05, 4.69) is 71.5 Å². The van der Waals surface area contributed by atoms with Gasteiger partial charge in [-0.05, 0) is 102 Å². The zero-order valence-corrected chi connectivity index (χ0v) is 28.0. The fraction of sp³-hybridized carbons (Fsp3) is 0.455. The molecule has 4 rings (SSSR count). The highest BCUT2D eigenvalue weighted by atomic mass is 35.5. The van der Waals surface area contributed by atoms with Crippen molar-refractivity contribution in [2.24, 2.45) is 0 Å². The van der Waals surface area contributed by atoms with Crippen molar-refractivity contribution in [3.8, 4) is 5.75 Å². The topological polar surface area (TPSA) is 96.4 Å². The lowest BCUT2D eigenvalue weighted by Gasteiger charge is -2.38. The normalized spacial score (nSPS) is 17.7. The summed E-state index contributed by atoms with van der Waals surface area (Å²) in [5.74, 6) is 1.29. The van der Waals surface area contributed by atoms with E-state index in [0.29, 0.717) is 29.5 Å². The van der Waals surface area contributed by atoms with Crippen LogP contribution in [0, 0.1) is 6.92 Å². The zero-order chi connectivity index (χ0) is 31.5. The van der Waals surface area contributed by atoms with Crippen LogP contribution in [0.2, 0.25) is 5.02 Å². The lowest BCUT2D eigenvalue weighted by Crippen LogP contribution is -2.41. The number of halogens is 1. The molecule has 8 nitrogen and oxygen atoms in total. The molecule has 0 radical (unpaired) electrons. The van der Waals surface area contributed by atoms with Crippen LogP contribution < -0.4 is 15.4 Å². The molecular weight excluding hydrogens is 582 g/mol. The largest absolute Gasteiger partial charge is 0.489 e. The van der Waals surface area contributed by atoms with E-state index in [-0.39, 0.29) is 21.8 Å². The van der Waals surface area contributed by atoms with Crippen LogP contribution in [-0.2, 0) is 9.84 Å². The summed E-state index contributed by atoms with van der Waals surface area (Å²) in [5.41, 5.74) is 4.79. The summed E-state index contributed by atoms with van der Waals surface area (Å²) in [6.07, 6.45) is 6.98. The van der Waals surface area contributed by atoms with Crippen molar-refractivity contribution in [2.45, 2.75) is 96.1 Å². The van der Waals surface area contributed by atoms with Crippen molar-refractivity contribution in [3.63, 3.8) is 0 Å². The van der Waals surface area contributed by atoms with E-state index < -0.39 is 15.1 Å². The number of hydrogen-bond acceptors (Lipinski definition) is 8. The standard InChI is InChI=1S/C33H44ClN5O3S/c1-9-24-16-23(17-25(10-2)39(24)8)26-18-30(42-20(3)4)29(15-22(26)7)37-33-35-19-27(34)32(38-33)36-28-13-11-12-14-31(28)43(40,41)21(5)6/h11-16,18-21,24-25H,9-10,17H2,1-8H3,(H2,35,36,37,38)/t24-,25-/m0/s1. The van der Waals surface area contributed by atoms with Crippen LogP contribution in [0.15, 0.2) is 53.6 Å². The number of rotatable bonds is 11. The molecule has 2 heterocycles. The van der Waals surface area contributed by atoms with Crippen LogP contribution in [0.25, 0.3) is 5.57 Å². The van der Waals surface area contributed by atoms with Crippen molar-refractivity contribution in [3.05, 3.63) is 64.8 Å². The summed E-state index contributed by atoms with van der Waals surface area (Å²) < 4.78 is 32.3. The van der Waals surface area contributed by atoms with Gasteiger partial charge in [0.1, 0.15) is 10.8 Å². The Labute approximate surface area is 261 Å². The average molecular weight is 626 g/mol. The van der Waals surface area contributed by atoms with Crippen LogP contribution in [0.1, 0.15) is 71.9 Å². The van der Waals surface area contributed by atoms with E-state index in [1.807, 2.05) is 13.8 Å². The van der Waals surface area contributed by atoms with Gasteiger partial charge in [-0.1, -0.05) is 43.7 Å². The van der Waals surface area contributed by atoms with Crippen LogP contribution in [0.5, 0.6) is 5.75 Å². The Kier molecular flexibility index (Phi) is 10.4. The number of aromatic nitrogens is 2. The Balaban J connectivity index is 1.70. The van der Waals surface area contributed by atoms with Crippen molar-refractivity contribution in [2.75, 3.05) is 17.7 Å². The SMILES string of the molecule is CC[C@H]1CC(c2cc(OC(C)C)c(Nc3ncc(Cl)c(Nc4ccccc4S(=O)(=O)C(C)C)n3)cc2C)=C[C@H](CC)N1C. The molecule has 0 saturated heterocycles. The minimum Gasteiger partial charge on any atom is -0.489 e. The van der Waals surface area contributed by atoms with Gasteiger partial charge < -0.3 is 15.4 Å². The number of aryl methyl sites for hydroxylation is 1. The fourth-order valence-electron chi connectivity index (χ4n) is 5.44. The van der Waals surface area contributed by atoms with E-state index in [0.717, 1.165) is 30.5 Å². The highest BCUT2D eigenvalue weighted by Gasteiger charge is 2.28. The van der Waals surface area contributed by atoms with Crippen molar-refractivity contribution in [1.82, 2.24) is 14.9 Å². The van der Waals surface area contributed by atoms with Crippen molar-refractivity contribution < 1.29 is 13.2 Å². The minimum atomic E-state index is -3.54. The maximum absolute atomic E-state index is 13.0. The van der Waals surface area contributed by atoms with Gasteiger partial charge in [0.25, 0.3) is 0 Å². The molecule has 1 aliphatic rings. The molecule has 1 aromatic heterocycles. The monoisotopic (exact) mass is 625 g/mol. The van der Waals surface area contributed by atoms with Crippen molar-refractivity contribution >= 4 is 50.2 Å². The number of ether oxygens (including phenoxy) is 1. The van der Waals surface area contributed by atoms with Gasteiger partial charge in [0, 0.05) is 12.1 Å². The molecule has 0 spiro atoms. The second kappa shape index (κ2) is 13.7. The van der Waals surface area contributed by atoms with Gasteiger partial charge >= 0.3 is 0 Å². The highest BCUT2D eigenvalue weighted by molar-refractivity contribution is 7.92. The molecule has 3 aromatic rings. The molecule has 0 bridgehead atoms. The second-order valence-electron chi connectivity index (χ2n) is 11.7. The summed E-state index contributed by atoms with van der Waals surface area (Å²) in [4.78, 5) is 11.7. The lowest BCUT2D eigenvalue weighted by molar-refractivity contribution is 0.186. The van der Waals surface area contributed by atoms with E-state index in [4.69, 9.17) is 16.3 Å². The minimum absolute atomic E-state index is 0.0443. The number of nitrogens with zero attached hydrogens (tertiary/aromatic N) is 3. The molecule has 2 N–H and O–H groups in total. The summed E-state index contributed by atoms with van der Waals surface area (Å²) in [5, 5.41) is 6.12. The van der Waals surface area contributed by atoms with Crippen LogP contribution in [0.4, 0.5) is 23.1 Å². The van der Waals surface area contributed by atoms with Gasteiger partial charge in [0.05, 0.1) is 33.8 Å². The highest BCUT2D eigenvalue weighted by Crippen LogP contribution is 2.39. The first kappa shape index (κ1) is 32.8. The van der Waals surface area contributed by atoms with Gasteiger partial charge in [0.2, 0.25) is 5.95 Å². The third-order valence-electron chi connectivity index (χ3n) is 7.93. The number of nitrogens with one attached hydrogen (secondary N) is 2. The number of likely N-dealkylation sites (N-methyl/N-ethyl adjacent to an activating group) is 1. The Hall–Kier alpha value is -3.14. The van der Waals surface area contributed by atoms with E-state index in [9.17, 15) is 8.42 Å². The first-order valence-corrected chi connectivity index (χ1v) is 16.9. The summed E-state index contributed by atoms with van der Waals surface area (Å²) >= 11 is 6.47. The summed E-state index contributed by atoms with van der Waals surface area (Å²) in [6.45, 7) is 13.9. The number of sulfone groups is 1. The van der Waals surface area contributed by atoms with Crippen LogP contribution in [0.3, 0.4) is 0 Å². The maximum atomic E-state index is 13.0. The Bertz CT molecular complexity index is 1590. The average Bonchev–Trinajstić information content (AvgIpc) is 2.96. The molecule has 2 aromatic carbocycles. The molecule has 10 heteroatoms. The van der Waals surface area contributed by atoms with Gasteiger partial charge in [-0.2, -0.15) is 4.98 Å². The molecule has 232 valence electrons. The van der Waals surface area contributed by atoms with E-state index >= 15 is 0 Å². The maximum Gasteiger partial charge on any atom is 0.229 e. The number of benzene rings is 2. The molecule has 2 atom stereocenters. The number of anilines is 4.